The molecular formula is C13H16N6O3. The first-order valence-electron chi connectivity index (χ1n) is 6.99. The number of nitrogens with one attached hydrogen (secondary N) is 3. The summed E-state index contributed by atoms with van der Waals surface area (Å²) in [5.41, 5.74) is -0.227. The van der Waals surface area contributed by atoms with Gasteiger partial charge in [0.1, 0.15) is 6.26 Å². The maximum atomic E-state index is 11.9. The lowest BCUT2D eigenvalue weighted by molar-refractivity contribution is 0.246. The Morgan fingerprint density at radius 1 is 1.50 bits per heavy atom. The topological polar surface area (TPSA) is 116 Å². The highest BCUT2D eigenvalue weighted by Crippen LogP contribution is 2.14. The summed E-state index contributed by atoms with van der Waals surface area (Å²) in [6, 6.07) is 1.14. The molecule has 9 heteroatoms. The van der Waals surface area contributed by atoms with Crippen molar-refractivity contribution in [3.05, 3.63) is 35.1 Å². The van der Waals surface area contributed by atoms with Crippen LogP contribution in [0, 0.1) is 0 Å². The summed E-state index contributed by atoms with van der Waals surface area (Å²) in [6.07, 6.45) is 6.13. The normalized spacial score (nSPS) is 18.0. The number of H-pyrrole nitrogens is 1. The lowest BCUT2D eigenvalue weighted by Gasteiger charge is -2.33. The zero-order valence-electron chi connectivity index (χ0n) is 11.8. The van der Waals surface area contributed by atoms with Gasteiger partial charge in [0.05, 0.1) is 0 Å². The fraction of sp³-hybridized carbons (Fsp3) is 0.385. The van der Waals surface area contributed by atoms with Gasteiger partial charge in [-0.25, -0.2) is 9.78 Å². The number of hydrogen-bond donors (Lipinski definition) is 3. The first-order chi connectivity index (χ1) is 10.7. The smallest absolute Gasteiger partial charge is 0.320 e. The molecule has 2 aromatic heterocycles. The number of piperidine rings is 1. The maximum Gasteiger partial charge on any atom is 0.320 e. The highest BCUT2D eigenvalue weighted by atomic mass is 16.5. The van der Waals surface area contributed by atoms with E-state index >= 15 is 0 Å². The van der Waals surface area contributed by atoms with Gasteiger partial charge in [0.15, 0.2) is 11.6 Å². The molecular weight excluding hydrogens is 288 g/mol. The van der Waals surface area contributed by atoms with E-state index in [-0.39, 0.29) is 17.6 Å². The van der Waals surface area contributed by atoms with Gasteiger partial charge >= 0.3 is 6.03 Å². The van der Waals surface area contributed by atoms with Gasteiger partial charge in [-0.3, -0.25) is 10.1 Å². The van der Waals surface area contributed by atoms with Crippen molar-refractivity contribution >= 4 is 17.7 Å². The average molecular weight is 304 g/mol. The predicted molar refractivity (Wildman–Crippen MR) is 78.8 cm³/mol. The molecule has 0 spiro atoms. The van der Waals surface area contributed by atoms with Crippen molar-refractivity contribution in [2.24, 2.45) is 0 Å². The van der Waals surface area contributed by atoms with Crippen molar-refractivity contribution in [3.8, 4) is 0 Å². The fourth-order valence-electron chi connectivity index (χ4n) is 2.47. The van der Waals surface area contributed by atoms with E-state index < -0.39 is 0 Å². The largest absolute Gasteiger partial charge is 0.363 e. The Kier molecular flexibility index (Phi) is 4.03. The van der Waals surface area contributed by atoms with E-state index in [2.05, 4.69) is 30.3 Å². The molecule has 2 aromatic rings. The van der Waals surface area contributed by atoms with Crippen LogP contribution in [-0.2, 0) is 0 Å². The summed E-state index contributed by atoms with van der Waals surface area (Å²) in [5.74, 6) is 0.734. The van der Waals surface area contributed by atoms with Crippen LogP contribution in [0.4, 0.5) is 16.4 Å². The molecule has 0 saturated carbocycles. The minimum absolute atomic E-state index is 0.0675. The molecule has 9 nitrogen and oxygen atoms in total. The van der Waals surface area contributed by atoms with Crippen molar-refractivity contribution in [1.29, 1.82) is 0 Å². The minimum Gasteiger partial charge on any atom is -0.363 e. The fourth-order valence-corrected chi connectivity index (χ4v) is 2.47. The Morgan fingerprint density at radius 2 is 2.41 bits per heavy atom. The molecule has 3 N–H and O–H groups in total. The summed E-state index contributed by atoms with van der Waals surface area (Å²) in [6.45, 7) is 1.27. The summed E-state index contributed by atoms with van der Waals surface area (Å²) < 4.78 is 4.65. The molecule has 0 unspecified atom stereocenters. The monoisotopic (exact) mass is 304 g/mol. The van der Waals surface area contributed by atoms with E-state index in [1.807, 2.05) is 4.90 Å². The molecule has 0 aliphatic carbocycles. The molecule has 0 bridgehead atoms. The summed E-state index contributed by atoms with van der Waals surface area (Å²) in [7, 11) is 0. The molecule has 0 radical (unpaired) electrons. The third-order valence-corrected chi connectivity index (χ3v) is 3.42. The van der Waals surface area contributed by atoms with Crippen LogP contribution in [0.25, 0.3) is 0 Å². The van der Waals surface area contributed by atoms with Crippen molar-refractivity contribution in [3.63, 3.8) is 0 Å². The van der Waals surface area contributed by atoms with Crippen LogP contribution >= 0.6 is 0 Å². The Morgan fingerprint density at radius 3 is 3.18 bits per heavy atom. The summed E-state index contributed by atoms with van der Waals surface area (Å²) in [4.78, 5) is 32.3. The third-order valence-electron chi connectivity index (χ3n) is 3.42. The van der Waals surface area contributed by atoms with Gasteiger partial charge < -0.3 is 19.7 Å². The molecule has 1 saturated heterocycles. The van der Waals surface area contributed by atoms with Crippen LogP contribution < -0.4 is 21.1 Å². The van der Waals surface area contributed by atoms with Crippen LogP contribution in [0.15, 0.2) is 34.0 Å². The molecule has 116 valence electrons. The van der Waals surface area contributed by atoms with Gasteiger partial charge in [-0.15, -0.1) is 0 Å². The second kappa shape index (κ2) is 6.29. The average Bonchev–Trinajstić information content (AvgIpc) is 3.00. The molecule has 1 atom stereocenters. The van der Waals surface area contributed by atoms with E-state index in [0.29, 0.717) is 18.2 Å². The lowest BCUT2D eigenvalue weighted by atomic mass is 10.1. The summed E-state index contributed by atoms with van der Waals surface area (Å²) >= 11 is 0. The Balaban J connectivity index is 1.60. The Labute approximate surface area is 125 Å². The quantitative estimate of drug-likeness (QED) is 0.762. The van der Waals surface area contributed by atoms with Crippen molar-refractivity contribution in [2.75, 3.05) is 23.3 Å². The Hall–Kier alpha value is -2.84. The Bertz CT molecular complexity index is 683. The zero-order chi connectivity index (χ0) is 15.4. The van der Waals surface area contributed by atoms with Crippen molar-refractivity contribution < 1.29 is 9.32 Å². The number of carbonyl (C=O) groups excluding carboxylic acids is 1. The SMILES string of the molecule is O=C(Nc1ccon1)N[C@@H]1CCCN(c2ncc[nH]c2=O)C1. The van der Waals surface area contributed by atoms with E-state index in [1.165, 1.54) is 12.5 Å². The van der Waals surface area contributed by atoms with Crippen LogP contribution in [0.5, 0.6) is 0 Å². The molecule has 1 fully saturated rings. The number of amides is 2. The number of aromatic nitrogens is 3. The maximum absolute atomic E-state index is 11.9. The van der Waals surface area contributed by atoms with Gasteiger partial charge in [-0.05, 0) is 12.8 Å². The summed E-state index contributed by atoms with van der Waals surface area (Å²) in [5, 5.41) is 9.05. The van der Waals surface area contributed by atoms with Crippen LogP contribution in [-0.4, -0.2) is 40.3 Å². The standard InChI is InChI=1S/C13H16N6O3/c20-12-11(14-4-5-15-12)19-6-1-2-9(8-19)16-13(21)17-10-3-7-22-18-10/h3-5,7,9H,1-2,6,8H2,(H,15,20)(H2,16,17,18,21)/t9-/m1/s1. The van der Waals surface area contributed by atoms with Crippen LogP contribution in [0.2, 0.25) is 0 Å². The van der Waals surface area contributed by atoms with Gasteiger partial charge in [-0.1, -0.05) is 5.16 Å². The minimum atomic E-state index is -0.351. The van der Waals surface area contributed by atoms with E-state index in [0.717, 1.165) is 19.4 Å². The van der Waals surface area contributed by atoms with E-state index in [9.17, 15) is 9.59 Å². The number of carbonyl (C=O) groups is 1. The zero-order valence-corrected chi connectivity index (χ0v) is 11.8. The predicted octanol–water partition coefficient (Wildman–Crippen LogP) is 0.548. The molecule has 0 aromatic carbocycles. The van der Waals surface area contributed by atoms with E-state index in [4.69, 9.17) is 0 Å². The molecule has 22 heavy (non-hydrogen) atoms. The van der Waals surface area contributed by atoms with E-state index in [1.54, 1.807) is 12.3 Å². The number of hydrogen-bond acceptors (Lipinski definition) is 6. The second-order valence-electron chi connectivity index (χ2n) is 5.01. The van der Waals surface area contributed by atoms with Crippen LogP contribution in [0.1, 0.15) is 12.8 Å². The first-order valence-corrected chi connectivity index (χ1v) is 6.99. The van der Waals surface area contributed by atoms with Crippen molar-refractivity contribution in [2.45, 2.75) is 18.9 Å². The number of nitrogens with zero attached hydrogens (tertiary/aromatic N) is 3. The second-order valence-corrected chi connectivity index (χ2v) is 5.01. The molecule has 3 rings (SSSR count). The lowest BCUT2D eigenvalue weighted by Crippen LogP contribution is -2.50. The highest BCUT2D eigenvalue weighted by Gasteiger charge is 2.23. The molecule has 2 amide bonds. The number of aromatic amines is 1. The molecule has 1 aliphatic rings. The van der Waals surface area contributed by atoms with Gasteiger partial charge in [0.25, 0.3) is 5.56 Å². The van der Waals surface area contributed by atoms with Crippen LogP contribution in [0.3, 0.4) is 0 Å². The van der Waals surface area contributed by atoms with Gasteiger partial charge in [0, 0.05) is 37.6 Å². The third kappa shape index (κ3) is 3.25. The van der Waals surface area contributed by atoms with Gasteiger partial charge in [0.2, 0.25) is 0 Å². The molecule has 3 heterocycles. The highest BCUT2D eigenvalue weighted by molar-refractivity contribution is 5.88. The van der Waals surface area contributed by atoms with Gasteiger partial charge in [-0.2, -0.15) is 0 Å². The number of anilines is 2. The first kappa shape index (κ1) is 14.1. The number of urea groups is 1. The number of rotatable bonds is 3. The van der Waals surface area contributed by atoms with Crippen molar-refractivity contribution in [1.82, 2.24) is 20.4 Å². The molecule has 1 aliphatic heterocycles.